The molecular formula is C7H3ClFNO4. The van der Waals surface area contributed by atoms with Crippen molar-refractivity contribution in [3.05, 3.63) is 28.3 Å². The van der Waals surface area contributed by atoms with E-state index in [1.54, 1.807) is 0 Å². The van der Waals surface area contributed by atoms with Crippen molar-refractivity contribution in [2.24, 2.45) is 0 Å². The predicted molar refractivity (Wildman–Crippen MR) is 43.1 cm³/mol. The summed E-state index contributed by atoms with van der Waals surface area (Å²) in [5.41, 5.74) is -1.66. The lowest BCUT2D eigenvalue weighted by atomic mass is 10.3. The zero-order valence-electron chi connectivity index (χ0n) is 6.49. The highest BCUT2D eigenvalue weighted by Crippen LogP contribution is 2.17. The number of pyridine rings is 1. The Morgan fingerprint density at radius 3 is 2.21 bits per heavy atom. The molecule has 0 bridgehead atoms. The van der Waals surface area contributed by atoms with Gasteiger partial charge in [-0.25, -0.2) is 19.0 Å². The molecule has 0 aliphatic heterocycles. The molecule has 0 atom stereocenters. The molecule has 0 aliphatic rings. The quantitative estimate of drug-likeness (QED) is 0.782. The van der Waals surface area contributed by atoms with Crippen LogP contribution in [0.1, 0.15) is 21.0 Å². The van der Waals surface area contributed by atoms with E-state index in [1.165, 1.54) is 0 Å². The van der Waals surface area contributed by atoms with Gasteiger partial charge < -0.3 is 10.2 Å². The molecule has 2 N–H and O–H groups in total. The lowest BCUT2D eigenvalue weighted by Crippen LogP contribution is -2.10. The average molecular weight is 220 g/mol. The van der Waals surface area contributed by atoms with E-state index >= 15 is 0 Å². The zero-order chi connectivity index (χ0) is 10.9. The third kappa shape index (κ3) is 1.80. The number of rotatable bonds is 2. The van der Waals surface area contributed by atoms with Crippen LogP contribution in [0.4, 0.5) is 4.39 Å². The topological polar surface area (TPSA) is 87.5 Å². The standard InChI is InChI=1S/C7H3ClFNO4/c8-2-1-3(9)5(7(13)14)10-4(2)6(11)12/h1H,(H,11,12)(H,13,14). The van der Waals surface area contributed by atoms with Crippen molar-refractivity contribution in [1.82, 2.24) is 4.98 Å². The largest absolute Gasteiger partial charge is 0.476 e. The summed E-state index contributed by atoms with van der Waals surface area (Å²) in [6.45, 7) is 0. The molecule has 0 fully saturated rings. The number of carboxylic acids is 2. The van der Waals surface area contributed by atoms with Crippen molar-refractivity contribution in [2.75, 3.05) is 0 Å². The second-order valence-electron chi connectivity index (χ2n) is 2.26. The fourth-order valence-electron chi connectivity index (χ4n) is 0.767. The number of carbonyl (C=O) groups is 2. The monoisotopic (exact) mass is 219 g/mol. The van der Waals surface area contributed by atoms with Gasteiger partial charge in [-0.15, -0.1) is 0 Å². The Morgan fingerprint density at radius 1 is 1.29 bits per heavy atom. The molecule has 7 heteroatoms. The highest BCUT2D eigenvalue weighted by Gasteiger charge is 2.19. The highest BCUT2D eigenvalue weighted by molar-refractivity contribution is 6.33. The third-order valence-electron chi connectivity index (χ3n) is 1.33. The number of hydrogen-bond acceptors (Lipinski definition) is 3. The van der Waals surface area contributed by atoms with Crippen LogP contribution in [0.2, 0.25) is 5.02 Å². The first-order valence-corrected chi connectivity index (χ1v) is 3.64. The molecule has 0 aromatic carbocycles. The van der Waals surface area contributed by atoms with Crippen LogP contribution in [0.5, 0.6) is 0 Å². The van der Waals surface area contributed by atoms with Crippen LogP contribution in [0.3, 0.4) is 0 Å². The fraction of sp³-hybridized carbons (Fsp3) is 0. The second-order valence-corrected chi connectivity index (χ2v) is 2.67. The second kappa shape index (κ2) is 3.59. The van der Waals surface area contributed by atoms with Crippen molar-refractivity contribution in [1.29, 1.82) is 0 Å². The van der Waals surface area contributed by atoms with E-state index in [0.717, 1.165) is 0 Å². The van der Waals surface area contributed by atoms with Crippen molar-refractivity contribution >= 4 is 23.5 Å². The molecule has 1 aromatic rings. The Bertz CT molecular complexity index is 385. The van der Waals surface area contributed by atoms with Gasteiger partial charge in [0.2, 0.25) is 0 Å². The lowest BCUT2D eigenvalue weighted by molar-refractivity contribution is 0.0681. The molecule has 74 valence electrons. The minimum absolute atomic E-state index is 0.444. The molecule has 0 saturated carbocycles. The van der Waals surface area contributed by atoms with Crippen LogP contribution in [-0.4, -0.2) is 27.1 Å². The number of halogens is 2. The van der Waals surface area contributed by atoms with Gasteiger partial charge in [-0.3, -0.25) is 0 Å². The molecule has 0 saturated heterocycles. The summed E-state index contributed by atoms with van der Waals surface area (Å²) < 4.78 is 12.8. The maximum absolute atomic E-state index is 12.8. The van der Waals surface area contributed by atoms with Crippen molar-refractivity contribution < 1.29 is 24.2 Å². The molecular weight excluding hydrogens is 217 g/mol. The van der Waals surface area contributed by atoms with E-state index in [1.807, 2.05) is 0 Å². The van der Waals surface area contributed by atoms with Crippen molar-refractivity contribution in [3.63, 3.8) is 0 Å². The van der Waals surface area contributed by atoms with Gasteiger partial charge in [0, 0.05) is 0 Å². The molecule has 0 amide bonds. The Kier molecular flexibility index (Phi) is 2.66. The van der Waals surface area contributed by atoms with Crippen LogP contribution in [0.15, 0.2) is 6.07 Å². The first-order chi connectivity index (χ1) is 6.43. The molecule has 0 radical (unpaired) electrons. The Morgan fingerprint density at radius 2 is 1.79 bits per heavy atom. The summed E-state index contributed by atoms with van der Waals surface area (Å²) >= 11 is 5.32. The van der Waals surface area contributed by atoms with Crippen LogP contribution in [0, 0.1) is 5.82 Å². The Balaban J connectivity index is 3.42. The summed E-state index contributed by atoms with van der Waals surface area (Å²) in [5, 5.41) is 16.5. The molecule has 0 spiro atoms. The van der Waals surface area contributed by atoms with Gasteiger partial charge in [0.25, 0.3) is 0 Å². The van der Waals surface area contributed by atoms with Gasteiger partial charge >= 0.3 is 11.9 Å². The first kappa shape index (κ1) is 10.4. The summed E-state index contributed by atoms with van der Waals surface area (Å²) in [6, 6.07) is 0.599. The van der Waals surface area contributed by atoms with E-state index in [9.17, 15) is 14.0 Å². The lowest BCUT2D eigenvalue weighted by Gasteiger charge is -2.00. The van der Waals surface area contributed by atoms with Gasteiger partial charge in [-0.1, -0.05) is 11.6 Å². The highest BCUT2D eigenvalue weighted by atomic mass is 35.5. The van der Waals surface area contributed by atoms with Crippen LogP contribution < -0.4 is 0 Å². The summed E-state index contributed by atoms with van der Waals surface area (Å²) in [6.07, 6.45) is 0. The summed E-state index contributed by atoms with van der Waals surface area (Å²) in [7, 11) is 0. The van der Waals surface area contributed by atoms with E-state index in [4.69, 9.17) is 21.8 Å². The van der Waals surface area contributed by atoms with Gasteiger partial charge in [0.05, 0.1) is 5.02 Å². The maximum atomic E-state index is 12.8. The normalized spacial score (nSPS) is 9.86. The smallest absolute Gasteiger partial charge is 0.357 e. The number of hydrogen-bond donors (Lipinski definition) is 2. The minimum atomic E-state index is -1.65. The average Bonchev–Trinajstić information content (AvgIpc) is 2.02. The Hall–Kier alpha value is -1.69. The summed E-state index contributed by atoms with van der Waals surface area (Å²) in [4.78, 5) is 23.9. The predicted octanol–water partition coefficient (Wildman–Crippen LogP) is 1.27. The molecule has 1 heterocycles. The number of nitrogens with zero attached hydrogens (tertiary/aromatic N) is 1. The van der Waals surface area contributed by atoms with Crippen molar-refractivity contribution in [2.45, 2.75) is 0 Å². The molecule has 0 unspecified atom stereocenters. The maximum Gasteiger partial charge on any atom is 0.357 e. The van der Waals surface area contributed by atoms with Gasteiger partial charge in [0.1, 0.15) is 0 Å². The van der Waals surface area contributed by atoms with Gasteiger partial charge in [-0.2, -0.15) is 0 Å². The molecule has 5 nitrogen and oxygen atoms in total. The molecule has 1 rings (SSSR count). The van der Waals surface area contributed by atoms with Crippen LogP contribution in [-0.2, 0) is 0 Å². The zero-order valence-corrected chi connectivity index (χ0v) is 7.25. The summed E-state index contributed by atoms with van der Waals surface area (Å²) in [5.74, 6) is -4.34. The first-order valence-electron chi connectivity index (χ1n) is 3.26. The SMILES string of the molecule is O=C(O)c1nc(C(=O)O)c(Cl)cc1F. The van der Waals surface area contributed by atoms with E-state index < -0.39 is 34.2 Å². The molecule has 0 aliphatic carbocycles. The van der Waals surface area contributed by atoms with E-state index in [0.29, 0.717) is 6.07 Å². The molecule has 1 aromatic heterocycles. The van der Waals surface area contributed by atoms with Gasteiger partial charge in [-0.05, 0) is 6.07 Å². The van der Waals surface area contributed by atoms with Gasteiger partial charge in [0.15, 0.2) is 17.2 Å². The Labute approximate surface area is 81.8 Å². The van der Waals surface area contributed by atoms with E-state index in [2.05, 4.69) is 4.98 Å². The number of aromatic nitrogens is 1. The third-order valence-corrected chi connectivity index (χ3v) is 1.62. The number of carboxylic acid groups (broad SMARTS) is 2. The van der Waals surface area contributed by atoms with Crippen LogP contribution >= 0.6 is 11.6 Å². The fourth-order valence-corrected chi connectivity index (χ4v) is 0.985. The van der Waals surface area contributed by atoms with Crippen molar-refractivity contribution in [3.8, 4) is 0 Å². The minimum Gasteiger partial charge on any atom is -0.476 e. The molecule has 14 heavy (non-hydrogen) atoms. The number of aromatic carboxylic acids is 2. The van der Waals surface area contributed by atoms with E-state index in [-0.39, 0.29) is 0 Å². The van der Waals surface area contributed by atoms with Crippen LogP contribution in [0.25, 0.3) is 0 Å².